The fourth-order valence-electron chi connectivity index (χ4n) is 7.35. The van der Waals surface area contributed by atoms with E-state index in [1.54, 1.807) is 0 Å². The smallest absolute Gasteiger partial charge is 0.226 e. The summed E-state index contributed by atoms with van der Waals surface area (Å²) in [7, 11) is 0. The van der Waals surface area contributed by atoms with Gasteiger partial charge in [0.25, 0.3) is 0 Å². The first-order valence-electron chi connectivity index (χ1n) is 12.3. The number of anilines is 1. The van der Waals surface area contributed by atoms with Crippen LogP contribution in [0.25, 0.3) is 11.1 Å². The Morgan fingerprint density at radius 1 is 1.00 bits per heavy atom. The average Bonchev–Trinajstić information content (AvgIpc) is 2.83. The number of nitrogens with one attached hydrogen (secondary N) is 1. The lowest BCUT2D eigenvalue weighted by atomic mass is 9.48. The van der Waals surface area contributed by atoms with Gasteiger partial charge >= 0.3 is 0 Å². The highest BCUT2D eigenvalue weighted by Crippen LogP contribution is 2.60. The number of rotatable bonds is 4. The van der Waals surface area contributed by atoms with E-state index in [1.807, 2.05) is 24.5 Å². The van der Waals surface area contributed by atoms with Gasteiger partial charge in [-0.3, -0.25) is 9.78 Å². The van der Waals surface area contributed by atoms with Crippen LogP contribution >= 0.6 is 0 Å². The highest BCUT2D eigenvalue weighted by molar-refractivity contribution is 5.83. The van der Waals surface area contributed by atoms with Crippen LogP contribution in [0.15, 0.2) is 48.8 Å². The van der Waals surface area contributed by atoms with Crippen molar-refractivity contribution in [3.8, 4) is 11.1 Å². The third-order valence-electron chi connectivity index (χ3n) is 8.71. The topological polar surface area (TPSA) is 65.5 Å². The molecule has 1 saturated heterocycles. The van der Waals surface area contributed by atoms with Crippen LogP contribution in [0.1, 0.15) is 44.9 Å². The van der Waals surface area contributed by atoms with E-state index >= 15 is 0 Å². The van der Waals surface area contributed by atoms with E-state index in [9.17, 15) is 9.90 Å². The van der Waals surface area contributed by atoms with Gasteiger partial charge in [-0.1, -0.05) is 12.1 Å². The van der Waals surface area contributed by atoms with E-state index in [-0.39, 0.29) is 23.5 Å². The first kappa shape index (κ1) is 20.2. The monoisotopic (exact) mass is 431 g/mol. The van der Waals surface area contributed by atoms with E-state index in [0.29, 0.717) is 17.8 Å². The second-order valence-corrected chi connectivity index (χ2v) is 10.8. The summed E-state index contributed by atoms with van der Waals surface area (Å²) in [5.41, 5.74) is 3.38. The van der Waals surface area contributed by atoms with Gasteiger partial charge in [0.2, 0.25) is 5.91 Å². The molecule has 2 aromatic rings. The second kappa shape index (κ2) is 7.87. The van der Waals surface area contributed by atoms with Crippen molar-refractivity contribution in [2.75, 3.05) is 18.0 Å². The Kier molecular flexibility index (Phi) is 4.98. The molecule has 0 radical (unpaired) electrons. The summed E-state index contributed by atoms with van der Waals surface area (Å²) in [4.78, 5) is 20.0. The minimum atomic E-state index is -0.218. The summed E-state index contributed by atoms with van der Waals surface area (Å²) in [6.07, 6.45) is 10.7. The summed E-state index contributed by atoms with van der Waals surface area (Å²) < 4.78 is 0. The van der Waals surface area contributed by atoms with Gasteiger partial charge in [-0.2, -0.15) is 0 Å². The number of benzene rings is 1. The Labute approximate surface area is 190 Å². The van der Waals surface area contributed by atoms with Crippen molar-refractivity contribution >= 4 is 11.6 Å². The maximum absolute atomic E-state index is 13.5. The standard InChI is InChI=1S/C27H33N3O2/c31-25-21-12-18-13-22(25)16-27(14-18,15-21)26(32)29-23-2-1-11-30(17-23)24-5-3-19(4-6-24)20-7-9-28-10-8-20/h3-10,18,21-23,25,31H,1-2,11-17H2,(H,29,32)/t18?,21?,22?,23-,25?,27?/m0/s1. The van der Waals surface area contributed by atoms with Crippen LogP contribution in [0.4, 0.5) is 5.69 Å². The van der Waals surface area contributed by atoms with Crippen LogP contribution in [0.3, 0.4) is 0 Å². The number of hydrogen-bond donors (Lipinski definition) is 2. The fourth-order valence-corrected chi connectivity index (χ4v) is 7.35. The van der Waals surface area contributed by atoms with E-state index in [0.717, 1.165) is 58.0 Å². The molecule has 5 fully saturated rings. The van der Waals surface area contributed by atoms with Gasteiger partial charge in [0.1, 0.15) is 0 Å². The maximum Gasteiger partial charge on any atom is 0.226 e. The Morgan fingerprint density at radius 2 is 1.69 bits per heavy atom. The quantitative estimate of drug-likeness (QED) is 0.767. The Bertz CT molecular complexity index is 960. The van der Waals surface area contributed by atoms with Gasteiger partial charge < -0.3 is 15.3 Å². The van der Waals surface area contributed by atoms with Crippen molar-refractivity contribution in [2.45, 2.75) is 57.1 Å². The number of hydrogen-bond acceptors (Lipinski definition) is 4. The maximum atomic E-state index is 13.5. The van der Waals surface area contributed by atoms with Crippen molar-refractivity contribution in [3.63, 3.8) is 0 Å². The number of aromatic nitrogens is 1. The van der Waals surface area contributed by atoms with Crippen LogP contribution in [0.5, 0.6) is 0 Å². The molecule has 1 aromatic heterocycles. The Balaban J connectivity index is 1.12. The lowest BCUT2D eigenvalue weighted by molar-refractivity contribution is -0.163. The molecule has 5 heteroatoms. The first-order valence-corrected chi connectivity index (χ1v) is 12.3. The van der Waals surface area contributed by atoms with Gasteiger partial charge in [-0.25, -0.2) is 0 Å². The van der Waals surface area contributed by atoms with E-state index in [1.165, 1.54) is 16.8 Å². The Hall–Kier alpha value is -2.40. The van der Waals surface area contributed by atoms with E-state index in [2.05, 4.69) is 39.5 Å². The number of amides is 1. The minimum Gasteiger partial charge on any atom is -0.393 e. The molecule has 3 atom stereocenters. The number of nitrogens with zero attached hydrogens (tertiary/aromatic N) is 2. The molecule has 168 valence electrons. The molecular formula is C27H33N3O2. The van der Waals surface area contributed by atoms with E-state index in [4.69, 9.17) is 0 Å². The minimum absolute atomic E-state index is 0.173. The average molecular weight is 432 g/mol. The van der Waals surface area contributed by atoms with Gasteiger partial charge in [0.15, 0.2) is 0 Å². The molecule has 4 aliphatic carbocycles. The zero-order valence-electron chi connectivity index (χ0n) is 18.6. The molecule has 5 aliphatic rings. The van der Waals surface area contributed by atoms with Crippen molar-refractivity contribution in [3.05, 3.63) is 48.8 Å². The predicted molar refractivity (Wildman–Crippen MR) is 125 cm³/mol. The van der Waals surface area contributed by atoms with Crippen LogP contribution in [0, 0.1) is 23.2 Å². The summed E-state index contributed by atoms with van der Waals surface area (Å²) in [6.45, 7) is 1.90. The number of carbonyl (C=O) groups excluding carboxylic acids is 1. The van der Waals surface area contributed by atoms with Gasteiger partial charge in [-0.15, -0.1) is 0 Å². The van der Waals surface area contributed by atoms with Gasteiger partial charge in [0.05, 0.1) is 11.5 Å². The van der Waals surface area contributed by atoms with Gasteiger partial charge in [0, 0.05) is 37.2 Å². The third kappa shape index (κ3) is 3.51. The molecule has 1 aromatic carbocycles. The molecule has 2 heterocycles. The summed E-state index contributed by atoms with van der Waals surface area (Å²) in [5, 5.41) is 14.0. The molecule has 4 bridgehead atoms. The number of carbonyl (C=O) groups is 1. The van der Waals surface area contributed by atoms with Gasteiger partial charge in [-0.05, 0) is 98.1 Å². The second-order valence-electron chi connectivity index (χ2n) is 10.8. The molecule has 1 amide bonds. The van der Waals surface area contributed by atoms with Crippen LogP contribution in [0.2, 0.25) is 0 Å². The first-order chi connectivity index (χ1) is 15.6. The van der Waals surface area contributed by atoms with E-state index < -0.39 is 0 Å². The third-order valence-corrected chi connectivity index (χ3v) is 8.71. The molecule has 32 heavy (non-hydrogen) atoms. The van der Waals surface area contributed by atoms with Crippen LogP contribution < -0.4 is 10.2 Å². The molecule has 5 nitrogen and oxygen atoms in total. The van der Waals surface area contributed by atoms with Crippen LogP contribution in [-0.2, 0) is 4.79 Å². The molecule has 4 saturated carbocycles. The molecular weight excluding hydrogens is 398 g/mol. The molecule has 2 N–H and O–H groups in total. The molecule has 0 spiro atoms. The number of aliphatic hydroxyl groups excluding tert-OH is 1. The van der Waals surface area contributed by atoms with Crippen molar-refractivity contribution in [1.82, 2.24) is 10.3 Å². The largest absolute Gasteiger partial charge is 0.393 e. The number of piperidine rings is 1. The van der Waals surface area contributed by atoms with Crippen LogP contribution in [-0.4, -0.2) is 41.2 Å². The van der Waals surface area contributed by atoms with Crippen molar-refractivity contribution < 1.29 is 9.90 Å². The normalized spacial score (nSPS) is 35.7. The zero-order chi connectivity index (χ0) is 21.7. The molecule has 1 aliphatic heterocycles. The fraction of sp³-hybridized carbons (Fsp3) is 0.556. The summed E-state index contributed by atoms with van der Waals surface area (Å²) in [6, 6.07) is 13.0. The Morgan fingerprint density at radius 3 is 2.41 bits per heavy atom. The predicted octanol–water partition coefficient (Wildman–Crippen LogP) is 4.02. The highest BCUT2D eigenvalue weighted by atomic mass is 16.3. The molecule has 2 unspecified atom stereocenters. The number of pyridine rings is 1. The summed E-state index contributed by atoms with van der Waals surface area (Å²) in [5.74, 6) is 1.59. The van der Waals surface area contributed by atoms with Crippen molar-refractivity contribution in [1.29, 1.82) is 0 Å². The molecule has 7 rings (SSSR count). The lowest BCUT2D eigenvalue weighted by Gasteiger charge is -2.58. The highest BCUT2D eigenvalue weighted by Gasteiger charge is 2.58. The summed E-state index contributed by atoms with van der Waals surface area (Å²) >= 11 is 0. The zero-order valence-corrected chi connectivity index (χ0v) is 18.6. The number of aliphatic hydroxyl groups is 1. The van der Waals surface area contributed by atoms with Crippen molar-refractivity contribution in [2.24, 2.45) is 23.2 Å². The SMILES string of the molecule is O=C(N[C@H]1CCCN(c2ccc(-c3ccncc3)cc2)C1)C12CC3CC(C1)C(O)C(C3)C2. The lowest BCUT2D eigenvalue weighted by Crippen LogP contribution is -2.60.